The second-order valence-electron chi connectivity index (χ2n) is 7.12. The lowest BCUT2D eigenvalue weighted by Crippen LogP contribution is -2.18. The maximum absolute atomic E-state index is 12.3. The van der Waals surface area contributed by atoms with Crippen molar-refractivity contribution >= 4 is 22.8 Å². The van der Waals surface area contributed by atoms with E-state index in [1.807, 2.05) is 54.6 Å². The van der Waals surface area contributed by atoms with Gasteiger partial charge in [0.15, 0.2) is 0 Å². The SMILES string of the molecule is CNC(=O)c1cc(C(=O)O)cc2c(-c3cccc(OCc4ccccc4)c3)c(C)oc12. The first-order valence-electron chi connectivity index (χ1n) is 9.77. The van der Waals surface area contributed by atoms with E-state index in [1.54, 1.807) is 6.92 Å². The molecule has 0 bridgehead atoms. The first-order chi connectivity index (χ1) is 15.0. The maximum Gasteiger partial charge on any atom is 0.335 e. The highest BCUT2D eigenvalue weighted by Crippen LogP contribution is 2.38. The topological polar surface area (TPSA) is 88.8 Å². The third kappa shape index (κ3) is 4.00. The van der Waals surface area contributed by atoms with Crippen LogP contribution >= 0.6 is 0 Å². The van der Waals surface area contributed by atoms with Crippen molar-refractivity contribution in [2.75, 3.05) is 7.05 Å². The molecule has 0 radical (unpaired) electrons. The lowest BCUT2D eigenvalue weighted by atomic mass is 9.98. The van der Waals surface area contributed by atoms with Crippen LogP contribution in [0.4, 0.5) is 0 Å². The van der Waals surface area contributed by atoms with E-state index in [2.05, 4.69) is 5.32 Å². The molecule has 156 valence electrons. The molecule has 31 heavy (non-hydrogen) atoms. The average Bonchev–Trinajstić information content (AvgIpc) is 3.13. The molecular formula is C25H21NO5. The minimum absolute atomic E-state index is 0.0182. The van der Waals surface area contributed by atoms with E-state index in [9.17, 15) is 14.7 Å². The Bertz CT molecular complexity index is 1270. The molecule has 0 aliphatic carbocycles. The van der Waals surface area contributed by atoms with Gasteiger partial charge in [0.2, 0.25) is 0 Å². The number of furan rings is 1. The largest absolute Gasteiger partial charge is 0.489 e. The van der Waals surface area contributed by atoms with Gasteiger partial charge in [0, 0.05) is 18.0 Å². The fourth-order valence-corrected chi connectivity index (χ4v) is 3.59. The van der Waals surface area contributed by atoms with E-state index in [4.69, 9.17) is 9.15 Å². The van der Waals surface area contributed by atoms with E-state index in [0.717, 1.165) is 16.7 Å². The van der Waals surface area contributed by atoms with Gasteiger partial charge in [0.25, 0.3) is 5.91 Å². The van der Waals surface area contributed by atoms with Gasteiger partial charge in [0.05, 0.1) is 11.1 Å². The zero-order valence-electron chi connectivity index (χ0n) is 17.1. The fourth-order valence-electron chi connectivity index (χ4n) is 3.59. The van der Waals surface area contributed by atoms with Gasteiger partial charge in [-0.2, -0.15) is 0 Å². The molecule has 1 aromatic heterocycles. The molecule has 3 aromatic carbocycles. The zero-order valence-corrected chi connectivity index (χ0v) is 17.1. The minimum atomic E-state index is -1.11. The second-order valence-corrected chi connectivity index (χ2v) is 7.12. The average molecular weight is 415 g/mol. The van der Waals surface area contributed by atoms with Crippen molar-refractivity contribution < 1.29 is 23.8 Å². The molecule has 1 heterocycles. The smallest absolute Gasteiger partial charge is 0.335 e. The number of aryl methyl sites for hydroxylation is 1. The molecule has 0 saturated carbocycles. The van der Waals surface area contributed by atoms with E-state index in [-0.39, 0.29) is 11.1 Å². The monoisotopic (exact) mass is 415 g/mol. The summed E-state index contributed by atoms with van der Waals surface area (Å²) < 4.78 is 11.9. The number of benzene rings is 3. The first kappa shape index (κ1) is 20.2. The van der Waals surface area contributed by atoms with Crippen LogP contribution in [0.2, 0.25) is 0 Å². The van der Waals surface area contributed by atoms with Crippen LogP contribution in [0.1, 0.15) is 32.0 Å². The van der Waals surface area contributed by atoms with Crippen LogP contribution in [-0.4, -0.2) is 24.0 Å². The van der Waals surface area contributed by atoms with Gasteiger partial charge in [0.1, 0.15) is 23.7 Å². The summed E-state index contributed by atoms with van der Waals surface area (Å²) in [5, 5.41) is 12.6. The Morgan fingerprint density at radius 3 is 2.52 bits per heavy atom. The highest BCUT2D eigenvalue weighted by atomic mass is 16.5. The van der Waals surface area contributed by atoms with Crippen LogP contribution in [0.25, 0.3) is 22.1 Å². The summed E-state index contributed by atoms with van der Waals surface area (Å²) >= 11 is 0. The highest BCUT2D eigenvalue weighted by molar-refractivity contribution is 6.11. The van der Waals surface area contributed by atoms with E-state index < -0.39 is 11.9 Å². The van der Waals surface area contributed by atoms with Gasteiger partial charge in [-0.05, 0) is 42.3 Å². The molecule has 0 atom stereocenters. The lowest BCUT2D eigenvalue weighted by Gasteiger charge is -2.09. The number of carbonyl (C=O) groups excluding carboxylic acids is 1. The fraction of sp³-hybridized carbons (Fsp3) is 0.120. The molecular weight excluding hydrogens is 394 g/mol. The summed E-state index contributed by atoms with van der Waals surface area (Å²) in [6.45, 7) is 2.22. The molecule has 0 aliphatic heterocycles. The van der Waals surface area contributed by atoms with Crippen molar-refractivity contribution in [2.24, 2.45) is 0 Å². The van der Waals surface area contributed by atoms with Crippen LogP contribution < -0.4 is 10.1 Å². The standard InChI is InChI=1S/C25H21NO5/c1-15-22(17-9-6-10-19(11-17)30-14-16-7-4-3-5-8-16)20-12-18(25(28)29)13-21(23(20)31-15)24(27)26-2/h3-13H,14H2,1-2H3,(H,26,27)(H,28,29). The predicted octanol–water partition coefficient (Wildman–Crippen LogP) is 5.05. The third-order valence-electron chi connectivity index (χ3n) is 5.06. The minimum Gasteiger partial charge on any atom is -0.489 e. The summed E-state index contributed by atoms with van der Waals surface area (Å²) in [4.78, 5) is 24.0. The van der Waals surface area contributed by atoms with Crippen LogP contribution in [-0.2, 0) is 6.61 Å². The molecule has 2 N–H and O–H groups in total. The molecule has 4 rings (SSSR count). The van der Waals surface area contributed by atoms with Gasteiger partial charge < -0.3 is 19.6 Å². The molecule has 4 aromatic rings. The zero-order chi connectivity index (χ0) is 22.0. The number of carboxylic acid groups (broad SMARTS) is 1. The quantitative estimate of drug-likeness (QED) is 0.460. The number of hydrogen-bond acceptors (Lipinski definition) is 4. The number of carbonyl (C=O) groups is 2. The van der Waals surface area contributed by atoms with Crippen LogP contribution in [0.3, 0.4) is 0 Å². The van der Waals surface area contributed by atoms with Gasteiger partial charge in [-0.15, -0.1) is 0 Å². The molecule has 6 heteroatoms. The Labute approximate surface area is 179 Å². The Kier molecular flexibility index (Phi) is 5.45. The number of rotatable bonds is 6. The molecule has 0 aliphatic rings. The number of nitrogens with one attached hydrogen (secondary N) is 1. The Morgan fingerprint density at radius 2 is 1.81 bits per heavy atom. The number of ether oxygens (including phenoxy) is 1. The van der Waals surface area contributed by atoms with Crippen molar-refractivity contribution in [3.05, 3.63) is 89.2 Å². The molecule has 0 fully saturated rings. The third-order valence-corrected chi connectivity index (χ3v) is 5.06. The van der Waals surface area contributed by atoms with E-state index >= 15 is 0 Å². The first-order valence-corrected chi connectivity index (χ1v) is 9.77. The van der Waals surface area contributed by atoms with Gasteiger partial charge in [-0.3, -0.25) is 4.79 Å². The second kappa shape index (κ2) is 8.36. The number of fused-ring (bicyclic) bond motifs is 1. The summed E-state index contributed by atoms with van der Waals surface area (Å²) in [6, 6.07) is 20.2. The molecule has 6 nitrogen and oxygen atoms in total. The highest BCUT2D eigenvalue weighted by Gasteiger charge is 2.22. The molecule has 0 saturated heterocycles. The van der Waals surface area contributed by atoms with Gasteiger partial charge in [-0.25, -0.2) is 4.79 Å². The Balaban J connectivity index is 1.79. The lowest BCUT2D eigenvalue weighted by molar-refractivity contribution is 0.0697. The summed E-state index contributed by atoms with van der Waals surface area (Å²) in [6.07, 6.45) is 0. The van der Waals surface area contributed by atoms with Crippen molar-refractivity contribution in [3.8, 4) is 16.9 Å². The Morgan fingerprint density at radius 1 is 1.03 bits per heavy atom. The number of carboxylic acids is 1. The summed E-state index contributed by atoms with van der Waals surface area (Å²) in [5.41, 5.74) is 3.15. The van der Waals surface area contributed by atoms with Crippen LogP contribution in [0.15, 0.2) is 71.1 Å². The van der Waals surface area contributed by atoms with Crippen LogP contribution in [0, 0.1) is 6.92 Å². The summed E-state index contributed by atoms with van der Waals surface area (Å²) in [5.74, 6) is -0.260. The summed E-state index contributed by atoms with van der Waals surface area (Å²) in [7, 11) is 1.49. The molecule has 0 unspecified atom stereocenters. The molecule has 0 spiro atoms. The molecule has 1 amide bonds. The van der Waals surface area contributed by atoms with Gasteiger partial charge >= 0.3 is 5.97 Å². The predicted molar refractivity (Wildman–Crippen MR) is 118 cm³/mol. The van der Waals surface area contributed by atoms with Crippen molar-refractivity contribution in [3.63, 3.8) is 0 Å². The van der Waals surface area contributed by atoms with E-state index in [1.165, 1.54) is 19.2 Å². The van der Waals surface area contributed by atoms with Crippen molar-refractivity contribution in [1.82, 2.24) is 5.32 Å². The number of amides is 1. The van der Waals surface area contributed by atoms with E-state index in [0.29, 0.717) is 29.1 Å². The van der Waals surface area contributed by atoms with Gasteiger partial charge in [-0.1, -0.05) is 42.5 Å². The Hall–Kier alpha value is -4.06. The van der Waals surface area contributed by atoms with Crippen molar-refractivity contribution in [1.29, 1.82) is 0 Å². The maximum atomic E-state index is 12.3. The van der Waals surface area contributed by atoms with Crippen molar-refractivity contribution in [2.45, 2.75) is 13.5 Å². The normalized spacial score (nSPS) is 10.8. The van der Waals surface area contributed by atoms with Crippen LogP contribution in [0.5, 0.6) is 5.75 Å². The number of aromatic carboxylic acids is 1. The number of hydrogen-bond donors (Lipinski definition) is 2.